The number of rotatable bonds is 8. The SMILES string of the molecule is CC(C)NCc1ccc(SCC(=O)NCC2CC2)cc1. The Morgan fingerprint density at radius 3 is 2.60 bits per heavy atom. The maximum absolute atomic E-state index is 11.7. The lowest BCUT2D eigenvalue weighted by Gasteiger charge is -2.08. The lowest BCUT2D eigenvalue weighted by molar-refractivity contribution is -0.118. The van der Waals surface area contributed by atoms with Gasteiger partial charge in [-0.25, -0.2) is 0 Å². The monoisotopic (exact) mass is 292 g/mol. The highest BCUT2D eigenvalue weighted by Gasteiger charge is 2.21. The number of benzene rings is 1. The second kappa shape index (κ2) is 7.70. The second-order valence-corrected chi connectivity index (χ2v) is 6.76. The van der Waals surface area contributed by atoms with Crippen LogP contribution in [0.5, 0.6) is 0 Å². The van der Waals surface area contributed by atoms with Crippen LogP contribution in [0.25, 0.3) is 0 Å². The Hall–Kier alpha value is -1.00. The van der Waals surface area contributed by atoms with E-state index < -0.39 is 0 Å². The van der Waals surface area contributed by atoms with E-state index in [1.165, 1.54) is 18.4 Å². The Morgan fingerprint density at radius 2 is 2.00 bits per heavy atom. The van der Waals surface area contributed by atoms with Crippen LogP contribution in [0.15, 0.2) is 29.2 Å². The number of carbonyl (C=O) groups is 1. The summed E-state index contributed by atoms with van der Waals surface area (Å²) in [4.78, 5) is 12.8. The molecule has 0 aromatic heterocycles. The van der Waals surface area contributed by atoms with Crippen molar-refractivity contribution >= 4 is 17.7 Å². The predicted octanol–water partition coefficient (Wildman–Crippen LogP) is 2.80. The van der Waals surface area contributed by atoms with Gasteiger partial charge in [0.2, 0.25) is 5.91 Å². The number of carbonyl (C=O) groups excluding carboxylic acids is 1. The van der Waals surface area contributed by atoms with E-state index in [9.17, 15) is 4.79 Å². The molecule has 0 radical (unpaired) electrons. The fourth-order valence-corrected chi connectivity index (χ4v) is 2.53. The van der Waals surface area contributed by atoms with E-state index in [4.69, 9.17) is 0 Å². The normalized spacial score (nSPS) is 14.6. The third kappa shape index (κ3) is 5.97. The Kier molecular flexibility index (Phi) is 5.92. The molecule has 1 aliphatic carbocycles. The smallest absolute Gasteiger partial charge is 0.230 e. The maximum Gasteiger partial charge on any atom is 0.230 e. The fraction of sp³-hybridized carbons (Fsp3) is 0.562. The van der Waals surface area contributed by atoms with Crippen LogP contribution in [0.1, 0.15) is 32.3 Å². The molecule has 0 saturated heterocycles. The Morgan fingerprint density at radius 1 is 1.30 bits per heavy atom. The molecule has 0 spiro atoms. The van der Waals surface area contributed by atoms with Crippen molar-refractivity contribution in [3.8, 4) is 0 Å². The van der Waals surface area contributed by atoms with Crippen LogP contribution >= 0.6 is 11.8 Å². The summed E-state index contributed by atoms with van der Waals surface area (Å²) in [7, 11) is 0. The lowest BCUT2D eigenvalue weighted by Crippen LogP contribution is -2.27. The van der Waals surface area contributed by atoms with Gasteiger partial charge < -0.3 is 10.6 Å². The summed E-state index contributed by atoms with van der Waals surface area (Å²) in [5.74, 6) is 1.40. The highest BCUT2D eigenvalue weighted by atomic mass is 32.2. The van der Waals surface area contributed by atoms with Gasteiger partial charge in [0, 0.05) is 24.0 Å². The Labute approximate surface area is 125 Å². The van der Waals surface area contributed by atoms with E-state index in [2.05, 4.69) is 48.7 Å². The average Bonchev–Trinajstić information content (AvgIpc) is 3.26. The van der Waals surface area contributed by atoms with Crippen molar-refractivity contribution in [2.24, 2.45) is 5.92 Å². The van der Waals surface area contributed by atoms with Gasteiger partial charge in [-0.3, -0.25) is 4.79 Å². The van der Waals surface area contributed by atoms with E-state index in [1.807, 2.05) is 0 Å². The van der Waals surface area contributed by atoms with E-state index in [-0.39, 0.29) is 5.91 Å². The summed E-state index contributed by atoms with van der Waals surface area (Å²) in [5, 5.41) is 6.38. The molecule has 1 fully saturated rings. The summed E-state index contributed by atoms with van der Waals surface area (Å²) < 4.78 is 0. The highest BCUT2D eigenvalue weighted by molar-refractivity contribution is 8.00. The number of hydrogen-bond donors (Lipinski definition) is 2. The average molecular weight is 292 g/mol. The van der Waals surface area contributed by atoms with Gasteiger partial charge in [-0.05, 0) is 36.5 Å². The molecule has 3 nitrogen and oxygen atoms in total. The van der Waals surface area contributed by atoms with Crippen molar-refractivity contribution < 1.29 is 4.79 Å². The summed E-state index contributed by atoms with van der Waals surface area (Å²) >= 11 is 1.60. The Balaban J connectivity index is 1.68. The van der Waals surface area contributed by atoms with Crippen molar-refractivity contribution in [2.75, 3.05) is 12.3 Å². The first-order valence-electron chi connectivity index (χ1n) is 7.35. The molecule has 0 aliphatic heterocycles. The van der Waals surface area contributed by atoms with Crippen molar-refractivity contribution in [3.05, 3.63) is 29.8 Å². The van der Waals surface area contributed by atoms with Crippen LogP contribution in [0, 0.1) is 5.92 Å². The molecule has 2 rings (SSSR count). The van der Waals surface area contributed by atoms with E-state index >= 15 is 0 Å². The van der Waals surface area contributed by atoms with Crippen molar-refractivity contribution in [1.29, 1.82) is 0 Å². The van der Waals surface area contributed by atoms with E-state index in [0.29, 0.717) is 11.8 Å². The molecule has 1 aromatic carbocycles. The third-order valence-electron chi connectivity index (χ3n) is 3.29. The minimum absolute atomic E-state index is 0.146. The molecule has 0 bridgehead atoms. The van der Waals surface area contributed by atoms with Crippen LogP contribution in [0.3, 0.4) is 0 Å². The highest BCUT2D eigenvalue weighted by Crippen LogP contribution is 2.27. The van der Waals surface area contributed by atoms with Crippen LogP contribution in [-0.2, 0) is 11.3 Å². The second-order valence-electron chi connectivity index (χ2n) is 5.72. The topological polar surface area (TPSA) is 41.1 Å². The molecule has 110 valence electrons. The third-order valence-corrected chi connectivity index (χ3v) is 4.30. The number of hydrogen-bond acceptors (Lipinski definition) is 3. The van der Waals surface area contributed by atoms with Gasteiger partial charge in [-0.2, -0.15) is 0 Å². The minimum Gasteiger partial charge on any atom is -0.355 e. The van der Waals surface area contributed by atoms with Crippen LogP contribution in [-0.4, -0.2) is 24.2 Å². The lowest BCUT2D eigenvalue weighted by atomic mass is 10.2. The molecule has 0 unspecified atom stereocenters. The molecule has 1 saturated carbocycles. The van der Waals surface area contributed by atoms with Gasteiger partial charge in [-0.15, -0.1) is 11.8 Å². The first-order valence-corrected chi connectivity index (χ1v) is 8.34. The predicted molar refractivity (Wildman–Crippen MR) is 84.9 cm³/mol. The van der Waals surface area contributed by atoms with Crippen molar-refractivity contribution in [2.45, 2.75) is 44.2 Å². The van der Waals surface area contributed by atoms with Crippen LogP contribution in [0.4, 0.5) is 0 Å². The minimum atomic E-state index is 0.146. The number of amides is 1. The summed E-state index contributed by atoms with van der Waals surface area (Å²) in [6.45, 7) is 6.04. The number of thioether (sulfide) groups is 1. The molecule has 0 atom stereocenters. The van der Waals surface area contributed by atoms with Crippen molar-refractivity contribution in [3.63, 3.8) is 0 Å². The van der Waals surface area contributed by atoms with Crippen LogP contribution < -0.4 is 10.6 Å². The quantitative estimate of drug-likeness (QED) is 0.724. The van der Waals surface area contributed by atoms with Gasteiger partial charge in [0.25, 0.3) is 0 Å². The standard InChI is InChI=1S/C16H24N2OS/c1-12(2)17-9-14-5-7-15(8-6-14)20-11-16(19)18-10-13-3-4-13/h5-8,12-13,17H,3-4,9-11H2,1-2H3,(H,18,19). The molecule has 1 aromatic rings. The molecule has 2 N–H and O–H groups in total. The molecule has 1 amide bonds. The zero-order valence-electron chi connectivity index (χ0n) is 12.3. The molecular formula is C16H24N2OS. The maximum atomic E-state index is 11.7. The molecule has 4 heteroatoms. The summed E-state index contributed by atoms with van der Waals surface area (Å²) in [6.07, 6.45) is 2.55. The van der Waals surface area contributed by atoms with Gasteiger partial charge in [0.05, 0.1) is 5.75 Å². The van der Waals surface area contributed by atoms with Crippen molar-refractivity contribution in [1.82, 2.24) is 10.6 Å². The van der Waals surface area contributed by atoms with Crippen LogP contribution in [0.2, 0.25) is 0 Å². The zero-order chi connectivity index (χ0) is 14.4. The van der Waals surface area contributed by atoms with E-state index in [0.717, 1.165) is 23.9 Å². The molecular weight excluding hydrogens is 268 g/mol. The van der Waals surface area contributed by atoms with Gasteiger partial charge in [0.15, 0.2) is 0 Å². The largest absolute Gasteiger partial charge is 0.355 e. The first-order chi connectivity index (χ1) is 9.63. The first kappa shape index (κ1) is 15.4. The van der Waals surface area contributed by atoms with Gasteiger partial charge >= 0.3 is 0 Å². The summed E-state index contributed by atoms with van der Waals surface area (Å²) in [6, 6.07) is 8.94. The zero-order valence-corrected chi connectivity index (χ0v) is 13.1. The Bertz CT molecular complexity index is 427. The number of nitrogens with one attached hydrogen (secondary N) is 2. The molecule has 1 aliphatic rings. The van der Waals surface area contributed by atoms with Gasteiger partial charge in [-0.1, -0.05) is 26.0 Å². The molecule has 0 heterocycles. The fourth-order valence-electron chi connectivity index (χ4n) is 1.81. The van der Waals surface area contributed by atoms with Gasteiger partial charge in [0.1, 0.15) is 0 Å². The molecule has 20 heavy (non-hydrogen) atoms. The summed E-state index contributed by atoms with van der Waals surface area (Å²) in [5.41, 5.74) is 1.28. The van der Waals surface area contributed by atoms with E-state index in [1.54, 1.807) is 11.8 Å².